The molecule has 5 nitrogen and oxygen atoms in total. The van der Waals surface area contributed by atoms with E-state index >= 15 is 0 Å². The SMILES string of the molecule is NCC1(C(=O)Nc2cc3c(cc2Cl)OCCO3)CC1. The van der Waals surface area contributed by atoms with Crippen LogP contribution in [-0.4, -0.2) is 25.7 Å². The third kappa shape index (κ3) is 2.24. The Morgan fingerprint density at radius 1 is 1.32 bits per heavy atom. The van der Waals surface area contributed by atoms with E-state index in [1.54, 1.807) is 12.1 Å². The van der Waals surface area contributed by atoms with Crippen LogP contribution in [0, 0.1) is 5.41 Å². The number of halogens is 1. The number of nitrogens with one attached hydrogen (secondary N) is 1. The van der Waals surface area contributed by atoms with Crippen molar-refractivity contribution in [3.63, 3.8) is 0 Å². The Hall–Kier alpha value is -1.46. The molecule has 1 aromatic carbocycles. The summed E-state index contributed by atoms with van der Waals surface area (Å²) in [5.74, 6) is 1.13. The minimum Gasteiger partial charge on any atom is -0.486 e. The lowest BCUT2D eigenvalue weighted by Crippen LogP contribution is -2.31. The fraction of sp³-hybridized carbons (Fsp3) is 0.462. The molecule has 1 saturated carbocycles. The van der Waals surface area contributed by atoms with Gasteiger partial charge in [0, 0.05) is 18.7 Å². The van der Waals surface area contributed by atoms with Crippen LogP contribution in [0.5, 0.6) is 11.5 Å². The zero-order valence-electron chi connectivity index (χ0n) is 10.4. The summed E-state index contributed by atoms with van der Waals surface area (Å²) in [5, 5.41) is 3.26. The molecule has 0 atom stereocenters. The summed E-state index contributed by atoms with van der Waals surface area (Å²) in [5.41, 5.74) is 5.77. The van der Waals surface area contributed by atoms with Gasteiger partial charge in [0.1, 0.15) is 13.2 Å². The van der Waals surface area contributed by atoms with Crippen LogP contribution in [0.4, 0.5) is 5.69 Å². The first-order chi connectivity index (χ1) is 9.14. The van der Waals surface area contributed by atoms with E-state index in [-0.39, 0.29) is 5.91 Å². The Morgan fingerprint density at radius 2 is 1.95 bits per heavy atom. The van der Waals surface area contributed by atoms with Crippen LogP contribution >= 0.6 is 11.6 Å². The molecule has 2 aliphatic rings. The van der Waals surface area contributed by atoms with Gasteiger partial charge >= 0.3 is 0 Å². The summed E-state index contributed by atoms with van der Waals surface area (Å²) in [6.45, 7) is 1.36. The molecule has 102 valence electrons. The van der Waals surface area contributed by atoms with Crippen LogP contribution in [0.15, 0.2) is 12.1 Å². The van der Waals surface area contributed by atoms with Gasteiger partial charge < -0.3 is 20.5 Å². The average molecular weight is 283 g/mol. The maximum absolute atomic E-state index is 12.1. The molecule has 0 bridgehead atoms. The van der Waals surface area contributed by atoms with Crippen LogP contribution in [-0.2, 0) is 4.79 Å². The number of hydrogen-bond donors (Lipinski definition) is 2. The van der Waals surface area contributed by atoms with E-state index in [2.05, 4.69) is 5.32 Å². The zero-order valence-corrected chi connectivity index (χ0v) is 11.1. The predicted molar refractivity (Wildman–Crippen MR) is 71.8 cm³/mol. The summed E-state index contributed by atoms with van der Waals surface area (Å²) < 4.78 is 10.9. The molecule has 1 amide bonds. The fourth-order valence-electron chi connectivity index (χ4n) is 2.09. The van der Waals surface area contributed by atoms with Crippen molar-refractivity contribution in [1.82, 2.24) is 0 Å². The Bertz CT molecular complexity index is 529. The molecule has 1 heterocycles. The summed E-state index contributed by atoms with van der Waals surface area (Å²) in [6, 6.07) is 3.36. The Morgan fingerprint density at radius 3 is 2.53 bits per heavy atom. The van der Waals surface area contributed by atoms with Gasteiger partial charge in [-0.1, -0.05) is 11.6 Å². The van der Waals surface area contributed by atoms with Crippen molar-refractivity contribution in [2.75, 3.05) is 25.1 Å². The van der Waals surface area contributed by atoms with Crippen molar-refractivity contribution < 1.29 is 14.3 Å². The monoisotopic (exact) mass is 282 g/mol. The number of ether oxygens (including phenoxy) is 2. The molecular weight excluding hydrogens is 268 g/mol. The van der Waals surface area contributed by atoms with Gasteiger partial charge in [0.2, 0.25) is 5.91 Å². The van der Waals surface area contributed by atoms with E-state index in [9.17, 15) is 4.79 Å². The van der Waals surface area contributed by atoms with Gasteiger partial charge in [-0.2, -0.15) is 0 Å². The average Bonchev–Trinajstić information content (AvgIpc) is 3.20. The largest absolute Gasteiger partial charge is 0.486 e. The molecule has 0 saturated heterocycles. The third-order valence-corrected chi connectivity index (χ3v) is 3.92. The van der Waals surface area contributed by atoms with Crippen molar-refractivity contribution >= 4 is 23.2 Å². The highest BCUT2D eigenvalue weighted by Gasteiger charge is 2.48. The fourth-order valence-corrected chi connectivity index (χ4v) is 2.29. The van der Waals surface area contributed by atoms with Gasteiger partial charge in [-0.15, -0.1) is 0 Å². The van der Waals surface area contributed by atoms with Gasteiger partial charge in [0.05, 0.1) is 16.1 Å². The number of rotatable bonds is 3. The number of anilines is 1. The number of carbonyl (C=O) groups is 1. The third-order valence-electron chi connectivity index (χ3n) is 3.61. The molecule has 1 aliphatic heterocycles. The maximum atomic E-state index is 12.1. The van der Waals surface area contributed by atoms with E-state index in [4.69, 9.17) is 26.8 Å². The van der Waals surface area contributed by atoms with Crippen molar-refractivity contribution in [3.8, 4) is 11.5 Å². The van der Waals surface area contributed by atoms with Crippen molar-refractivity contribution in [3.05, 3.63) is 17.2 Å². The van der Waals surface area contributed by atoms with Crippen LogP contribution in [0.3, 0.4) is 0 Å². The van der Waals surface area contributed by atoms with Crippen LogP contribution < -0.4 is 20.5 Å². The summed E-state index contributed by atoms with van der Waals surface area (Å²) in [4.78, 5) is 12.1. The van der Waals surface area contributed by atoms with Crippen LogP contribution in [0.1, 0.15) is 12.8 Å². The molecular formula is C13H15ClN2O3. The normalized spacial score (nSPS) is 18.8. The second kappa shape index (κ2) is 4.58. The smallest absolute Gasteiger partial charge is 0.231 e. The molecule has 3 N–H and O–H groups in total. The molecule has 1 aliphatic carbocycles. The molecule has 3 rings (SSSR count). The van der Waals surface area contributed by atoms with Crippen molar-refractivity contribution in [2.24, 2.45) is 11.1 Å². The quantitative estimate of drug-likeness (QED) is 0.886. The minimum absolute atomic E-state index is 0.0754. The molecule has 1 aromatic rings. The summed E-state index contributed by atoms with van der Waals surface area (Å²) in [7, 11) is 0. The first-order valence-electron chi connectivity index (χ1n) is 6.25. The van der Waals surface area contributed by atoms with Gasteiger partial charge in [-0.25, -0.2) is 0 Å². The minimum atomic E-state index is -0.406. The number of fused-ring (bicyclic) bond motifs is 1. The lowest BCUT2D eigenvalue weighted by Gasteiger charge is -2.20. The van der Waals surface area contributed by atoms with E-state index < -0.39 is 5.41 Å². The molecule has 1 fully saturated rings. The second-order valence-corrected chi connectivity index (χ2v) is 5.32. The highest BCUT2D eigenvalue weighted by molar-refractivity contribution is 6.34. The van der Waals surface area contributed by atoms with E-state index in [0.29, 0.717) is 42.0 Å². The molecule has 0 radical (unpaired) electrons. The van der Waals surface area contributed by atoms with Gasteiger partial charge in [0.25, 0.3) is 0 Å². The zero-order chi connectivity index (χ0) is 13.5. The van der Waals surface area contributed by atoms with Crippen molar-refractivity contribution in [1.29, 1.82) is 0 Å². The summed E-state index contributed by atoms with van der Waals surface area (Å²) in [6.07, 6.45) is 1.66. The first kappa shape index (κ1) is 12.6. The van der Waals surface area contributed by atoms with Gasteiger partial charge in [-0.05, 0) is 12.8 Å². The predicted octanol–water partition coefficient (Wildman–Crippen LogP) is 1.79. The standard InChI is InChI=1S/C13H15ClN2O3/c14-8-5-10-11(19-4-3-18-10)6-9(8)16-12(17)13(7-15)1-2-13/h5-6H,1-4,7,15H2,(H,16,17). The lowest BCUT2D eigenvalue weighted by molar-refractivity contribution is -0.120. The first-order valence-corrected chi connectivity index (χ1v) is 6.63. The Labute approximate surface area is 116 Å². The van der Waals surface area contributed by atoms with E-state index in [1.165, 1.54) is 0 Å². The molecule has 0 spiro atoms. The topological polar surface area (TPSA) is 73.6 Å². The van der Waals surface area contributed by atoms with Crippen molar-refractivity contribution in [2.45, 2.75) is 12.8 Å². The highest BCUT2D eigenvalue weighted by atomic mass is 35.5. The van der Waals surface area contributed by atoms with Crippen LogP contribution in [0.25, 0.3) is 0 Å². The number of nitrogens with two attached hydrogens (primary N) is 1. The van der Waals surface area contributed by atoms with Crippen LogP contribution in [0.2, 0.25) is 5.02 Å². The highest BCUT2D eigenvalue weighted by Crippen LogP contribution is 2.46. The van der Waals surface area contributed by atoms with E-state index in [1.807, 2.05) is 0 Å². The maximum Gasteiger partial charge on any atom is 0.231 e. The van der Waals surface area contributed by atoms with Gasteiger partial charge in [-0.3, -0.25) is 4.79 Å². The molecule has 19 heavy (non-hydrogen) atoms. The summed E-state index contributed by atoms with van der Waals surface area (Å²) >= 11 is 6.14. The van der Waals surface area contributed by atoms with E-state index in [0.717, 1.165) is 12.8 Å². The number of carbonyl (C=O) groups excluding carboxylic acids is 1. The Kier molecular flexibility index (Phi) is 3.03. The molecule has 0 aromatic heterocycles. The second-order valence-electron chi connectivity index (χ2n) is 4.91. The van der Waals surface area contributed by atoms with Gasteiger partial charge in [0.15, 0.2) is 11.5 Å². The number of benzene rings is 1. The number of hydrogen-bond acceptors (Lipinski definition) is 4. The lowest BCUT2D eigenvalue weighted by atomic mass is 10.1. The Balaban J connectivity index is 1.83. The number of amides is 1. The molecule has 0 unspecified atom stereocenters. The molecule has 6 heteroatoms.